The number of fused-ring (bicyclic) bond motifs is 1. The van der Waals surface area contributed by atoms with E-state index in [1.54, 1.807) is 24.9 Å². The SMILES string of the molecule is COc1cc(/C=C2\CSc3ccc(F)cc3C2=O)ccc1OCCC(C)C. The van der Waals surface area contributed by atoms with Gasteiger partial charge in [-0.15, -0.1) is 11.8 Å². The lowest BCUT2D eigenvalue weighted by atomic mass is 10.0. The van der Waals surface area contributed by atoms with E-state index >= 15 is 0 Å². The monoisotopic (exact) mass is 386 g/mol. The molecule has 1 heterocycles. The normalized spacial score (nSPS) is 15.1. The highest BCUT2D eigenvalue weighted by Crippen LogP contribution is 2.35. The van der Waals surface area contributed by atoms with E-state index in [1.165, 1.54) is 12.1 Å². The van der Waals surface area contributed by atoms with Crippen LogP contribution in [0.4, 0.5) is 4.39 Å². The summed E-state index contributed by atoms with van der Waals surface area (Å²) >= 11 is 1.54. The number of halogens is 1. The molecule has 0 radical (unpaired) electrons. The Kier molecular flexibility index (Phi) is 6.22. The third kappa shape index (κ3) is 4.72. The smallest absolute Gasteiger partial charge is 0.191 e. The fourth-order valence-corrected chi connectivity index (χ4v) is 3.80. The standard InChI is InChI=1S/C22H23FO3S/c1-14(2)8-9-26-19-6-4-15(11-20(19)25-3)10-16-13-27-21-7-5-17(23)12-18(21)22(16)24/h4-7,10-12,14H,8-9,13H2,1-3H3/b16-10+. The Balaban J connectivity index is 1.81. The molecule has 0 N–H and O–H groups in total. The topological polar surface area (TPSA) is 35.5 Å². The lowest BCUT2D eigenvalue weighted by Gasteiger charge is -2.17. The second-order valence-electron chi connectivity index (χ2n) is 6.87. The number of carbonyl (C=O) groups is 1. The minimum absolute atomic E-state index is 0.125. The molecule has 2 aromatic carbocycles. The van der Waals surface area contributed by atoms with Crippen LogP contribution in [0.2, 0.25) is 0 Å². The van der Waals surface area contributed by atoms with Crippen molar-refractivity contribution in [1.29, 1.82) is 0 Å². The summed E-state index contributed by atoms with van der Waals surface area (Å²) in [5.74, 6) is 1.94. The molecule has 27 heavy (non-hydrogen) atoms. The molecular formula is C22H23FO3S. The van der Waals surface area contributed by atoms with Crippen LogP contribution in [0, 0.1) is 11.7 Å². The Morgan fingerprint density at radius 3 is 2.74 bits per heavy atom. The largest absolute Gasteiger partial charge is 0.493 e. The van der Waals surface area contributed by atoms with Crippen molar-refractivity contribution in [2.45, 2.75) is 25.2 Å². The van der Waals surface area contributed by atoms with Crippen molar-refractivity contribution >= 4 is 23.6 Å². The maximum absolute atomic E-state index is 13.5. The first-order chi connectivity index (χ1) is 13.0. The number of methoxy groups -OCH3 is 1. The molecule has 0 fully saturated rings. The Morgan fingerprint density at radius 1 is 1.19 bits per heavy atom. The molecule has 0 unspecified atom stereocenters. The van der Waals surface area contributed by atoms with Crippen molar-refractivity contribution in [3.05, 3.63) is 58.9 Å². The van der Waals surface area contributed by atoms with Gasteiger partial charge in [0.25, 0.3) is 0 Å². The molecule has 3 nitrogen and oxygen atoms in total. The summed E-state index contributed by atoms with van der Waals surface area (Å²) in [6.07, 6.45) is 2.81. The maximum atomic E-state index is 13.5. The number of rotatable bonds is 6. The molecule has 1 aliphatic heterocycles. The molecule has 0 bridgehead atoms. The van der Waals surface area contributed by atoms with E-state index in [0.717, 1.165) is 16.9 Å². The fraction of sp³-hybridized carbons (Fsp3) is 0.318. The van der Waals surface area contributed by atoms with E-state index in [-0.39, 0.29) is 5.78 Å². The summed E-state index contributed by atoms with van der Waals surface area (Å²) in [6.45, 7) is 4.93. The van der Waals surface area contributed by atoms with Gasteiger partial charge in [0, 0.05) is 21.8 Å². The van der Waals surface area contributed by atoms with Gasteiger partial charge in [0.1, 0.15) is 5.82 Å². The van der Waals surface area contributed by atoms with Gasteiger partial charge in [-0.05, 0) is 54.3 Å². The third-order valence-corrected chi connectivity index (χ3v) is 5.46. The van der Waals surface area contributed by atoms with Gasteiger partial charge in [-0.2, -0.15) is 0 Å². The first kappa shape index (κ1) is 19.5. The number of ketones is 1. The predicted octanol–water partition coefficient (Wildman–Crippen LogP) is 5.63. The van der Waals surface area contributed by atoms with Gasteiger partial charge in [-0.3, -0.25) is 4.79 Å². The van der Waals surface area contributed by atoms with Crippen LogP contribution in [0.25, 0.3) is 6.08 Å². The van der Waals surface area contributed by atoms with Crippen molar-refractivity contribution in [1.82, 2.24) is 0 Å². The van der Waals surface area contributed by atoms with Gasteiger partial charge in [0.05, 0.1) is 13.7 Å². The van der Waals surface area contributed by atoms with Gasteiger partial charge in [0.2, 0.25) is 0 Å². The summed E-state index contributed by atoms with van der Waals surface area (Å²) in [4.78, 5) is 13.5. The van der Waals surface area contributed by atoms with E-state index in [0.29, 0.717) is 40.9 Å². The number of hydrogen-bond acceptors (Lipinski definition) is 4. The van der Waals surface area contributed by atoms with Crippen molar-refractivity contribution in [3.63, 3.8) is 0 Å². The van der Waals surface area contributed by atoms with Crippen LogP contribution in [0.1, 0.15) is 36.2 Å². The van der Waals surface area contributed by atoms with E-state index in [2.05, 4.69) is 13.8 Å². The zero-order chi connectivity index (χ0) is 19.4. The number of ether oxygens (including phenoxy) is 2. The molecule has 0 saturated heterocycles. The fourth-order valence-electron chi connectivity index (χ4n) is 2.81. The van der Waals surface area contributed by atoms with E-state index in [4.69, 9.17) is 9.47 Å². The molecule has 5 heteroatoms. The van der Waals surface area contributed by atoms with Crippen LogP contribution < -0.4 is 9.47 Å². The van der Waals surface area contributed by atoms with Gasteiger partial charge in [0.15, 0.2) is 17.3 Å². The number of thioether (sulfide) groups is 1. The van der Waals surface area contributed by atoms with Crippen LogP contribution >= 0.6 is 11.8 Å². The van der Waals surface area contributed by atoms with Crippen molar-refractivity contribution < 1.29 is 18.7 Å². The number of benzene rings is 2. The third-order valence-electron chi connectivity index (χ3n) is 4.34. The van der Waals surface area contributed by atoms with E-state index in [1.807, 2.05) is 24.3 Å². The Hall–Kier alpha value is -2.27. The zero-order valence-electron chi connectivity index (χ0n) is 15.8. The second kappa shape index (κ2) is 8.61. The summed E-state index contributed by atoms with van der Waals surface area (Å²) in [5, 5.41) is 0. The minimum Gasteiger partial charge on any atom is -0.493 e. The Bertz CT molecular complexity index is 874. The molecule has 0 spiro atoms. The molecule has 0 atom stereocenters. The highest BCUT2D eigenvalue weighted by molar-refractivity contribution is 7.99. The molecule has 0 saturated carbocycles. The summed E-state index contributed by atoms with van der Waals surface area (Å²) in [5.41, 5.74) is 1.93. The van der Waals surface area contributed by atoms with Crippen molar-refractivity contribution in [3.8, 4) is 11.5 Å². The minimum atomic E-state index is -0.395. The van der Waals surface area contributed by atoms with E-state index < -0.39 is 5.82 Å². The second-order valence-corrected chi connectivity index (χ2v) is 7.89. The van der Waals surface area contributed by atoms with Crippen molar-refractivity contribution in [2.24, 2.45) is 5.92 Å². The predicted molar refractivity (Wildman–Crippen MR) is 107 cm³/mol. The van der Waals surface area contributed by atoms with Gasteiger partial charge < -0.3 is 9.47 Å². The molecule has 3 rings (SSSR count). The zero-order valence-corrected chi connectivity index (χ0v) is 16.6. The lowest BCUT2D eigenvalue weighted by Crippen LogP contribution is -2.12. The average molecular weight is 386 g/mol. The molecule has 0 aromatic heterocycles. The Labute approximate surface area is 163 Å². The van der Waals surface area contributed by atoms with Gasteiger partial charge in [-0.1, -0.05) is 19.9 Å². The van der Waals surface area contributed by atoms with Crippen LogP contribution in [0.5, 0.6) is 11.5 Å². The molecule has 142 valence electrons. The molecule has 1 aliphatic rings. The summed E-state index contributed by atoms with van der Waals surface area (Å²) < 4.78 is 24.7. The Morgan fingerprint density at radius 2 is 2.00 bits per heavy atom. The first-order valence-corrected chi connectivity index (χ1v) is 9.95. The maximum Gasteiger partial charge on any atom is 0.191 e. The molecule has 0 amide bonds. The van der Waals surface area contributed by atoms with Gasteiger partial charge in [-0.25, -0.2) is 4.39 Å². The quantitative estimate of drug-likeness (QED) is 0.603. The van der Waals surface area contributed by atoms with Crippen LogP contribution in [0.3, 0.4) is 0 Å². The number of Topliss-reactive ketones (excluding diaryl/α,β-unsaturated/α-hetero) is 1. The first-order valence-electron chi connectivity index (χ1n) is 8.96. The molecule has 0 aliphatic carbocycles. The van der Waals surface area contributed by atoms with Crippen LogP contribution in [-0.4, -0.2) is 25.3 Å². The van der Waals surface area contributed by atoms with Crippen molar-refractivity contribution in [2.75, 3.05) is 19.5 Å². The highest BCUT2D eigenvalue weighted by Gasteiger charge is 2.23. The molecule has 2 aromatic rings. The van der Waals surface area contributed by atoms with Gasteiger partial charge >= 0.3 is 0 Å². The van der Waals surface area contributed by atoms with Crippen LogP contribution in [0.15, 0.2) is 46.9 Å². The van der Waals surface area contributed by atoms with E-state index in [9.17, 15) is 9.18 Å². The summed E-state index contributed by atoms with van der Waals surface area (Å²) in [6, 6.07) is 9.98. The average Bonchev–Trinajstić information content (AvgIpc) is 2.65. The highest BCUT2D eigenvalue weighted by atomic mass is 32.2. The van der Waals surface area contributed by atoms with Crippen LogP contribution in [-0.2, 0) is 0 Å². The lowest BCUT2D eigenvalue weighted by molar-refractivity contribution is 0.103. The summed E-state index contributed by atoms with van der Waals surface area (Å²) in [7, 11) is 1.60. The molecular weight excluding hydrogens is 363 g/mol. The number of carbonyl (C=O) groups excluding carboxylic acids is 1. The number of hydrogen-bond donors (Lipinski definition) is 0.